The SMILES string of the molecule is Oc1ccc(C=Cc2nc(-c3cccc(Br)c3)no2)cc1. The zero-order valence-corrected chi connectivity index (χ0v) is 12.5. The number of hydrogen-bond acceptors (Lipinski definition) is 4. The maximum Gasteiger partial charge on any atom is 0.250 e. The number of phenolic OH excluding ortho intramolecular Hbond substituents is 1. The molecule has 0 aliphatic rings. The molecular formula is C16H11BrN2O2. The Morgan fingerprint density at radius 1 is 1.05 bits per heavy atom. The van der Waals surface area contributed by atoms with Crippen LogP contribution in [0.3, 0.4) is 0 Å². The van der Waals surface area contributed by atoms with E-state index in [1.165, 1.54) is 0 Å². The highest BCUT2D eigenvalue weighted by molar-refractivity contribution is 9.10. The summed E-state index contributed by atoms with van der Waals surface area (Å²) in [6.45, 7) is 0. The van der Waals surface area contributed by atoms with Crippen molar-refractivity contribution >= 4 is 28.1 Å². The Morgan fingerprint density at radius 2 is 1.86 bits per heavy atom. The molecule has 0 bridgehead atoms. The highest BCUT2D eigenvalue weighted by atomic mass is 79.9. The van der Waals surface area contributed by atoms with Crippen LogP contribution in [0.1, 0.15) is 11.5 Å². The molecule has 5 heteroatoms. The number of aromatic hydroxyl groups is 1. The van der Waals surface area contributed by atoms with Gasteiger partial charge in [0.2, 0.25) is 5.82 Å². The van der Waals surface area contributed by atoms with E-state index in [2.05, 4.69) is 26.1 Å². The molecule has 0 saturated heterocycles. The Labute approximate surface area is 129 Å². The molecule has 0 unspecified atom stereocenters. The molecule has 1 aromatic heterocycles. The van der Waals surface area contributed by atoms with E-state index in [-0.39, 0.29) is 5.75 Å². The molecule has 2 aromatic carbocycles. The summed E-state index contributed by atoms with van der Waals surface area (Å²) in [6, 6.07) is 14.6. The van der Waals surface area contributed by atoms with Crippen molar-refractivity contribution < 1.29 is 9.63 Å². The number of phenols is 1. The van der Waals surface area contributed by atoms with Gasteiger partial charge in [0, 0.05) is 16.1 Å². The minimum atomic E-state index is 0.238. The second-order valence-corrected chi connectivity index (χ2v) is 5.31. The Bertz CT molecular complexity index is 779. The highest BCUT2D eigenvalue weighted by Gasteiger charge is 2.06. The second-order valence-electron chi connectivity index (χ2n) is 4.39. The molecule has 1 heterocycles. The molecule has 0 fully saturated rings. The molecule has 0 spiro atoms. The summed E-state index contributed by atoms with van der Waals surface area (Å²) in [5.41, 5.74) is 1.83. The summed E-state index contributed by atoms with van der Waals surface area (Å²) in [4.78, 5) is 4.32. The van der Waals surface area contributed by atoms with Crippen molar-refractivity contribution in [2.45, 2.75) is 0 Å². The summed E-state index contributed by atoms with van der Waals surface area (Å²) >= 11 is 3.41. The molecular weight excluding hydrogens is 332 g/mol. The molecule has 0 amide bonds. The summed E-state index contributed by atoms with van der Waals surface area (Å²) in [6.07, 6.45) is 3.58. The lowest BCUT2D eigenvalue weighted by Crippen LogP contribution is -1.80. The van der Waals surface area contributed by atoms with E-state index in [0.717, 1.165) is 15.6 Å². The number of halogens is 1. The molecule has 3 aromatic rings. The predicted molar refractivity (Wildman–Crippen MR) is 84.5 cm³/mol. The van der Waals surface area contributed by atoms with Gasteiger partial charge in [0.25, 0.3) is 5.89 Å². The van der Waals surface area contributed by atoms with Crippen LogP contribution < -0.4 is 0 Å². The number of nitrogens with zero attached hydrogens (tertiary/aromatic N) is 2. The zero-order valence-electron chi connectivity index (χ0n) is 10.9. The van der Waals surface area contributed by atoms with E-state index in [0.29, 0.717) is 11.7 Å². The van der Waals surface area contributed by atoms with Gasteiger partial charge in [0.05, 0.1) is 0 Å². The van der Waals surface area contributed by atoms with Crippen molar-refractivity contribution in [1.82, 2.24) is 10.1 Å². The van der Waals surface area contributed by atoms with Crippen LogP contribution in [0.25, 0.3) is 23.5 Å². The lowest BCUT2D eigenvalue weighted by molar-refractivity contribution is 0.411. The summed E-state index contributed by atoms with van der Waals surface area (Å²) in [7, 11) is 0. The molecule has 0 radical (unpaired) electrons. The maximum absolute atomic E-state index is 9.22. The average molecular weight is 343 g/mol. The van der Waals surface area contributed by atoms with Gasteiger partial charge < -0.3 is 9.63 Å². The van der Waals surface area contributed by atoms with Gasteiger partial charge in [-0.2, -0.15) is 4.98 Å². The predicted octanol–water partition coefficient (Wildman–Crippen LogP) is 4.38. The molecule has 104 valence electrons. The van der Waals surface area contributed by atoms with E-state index >= 15 is 0 Å². The summed E-state index contributed by atoms with van der Waals surface area (Å²) < 4.78 is 6.16. The molecule has 1 N–H and O–H groups in total. The number of hydrogen-bond donors (Lipinski definition) is 1. The largest absolute Gasteiger partial charge is 0.508 e. The molecule has 0 aliphatic heterocycles. The fourth-order valence-corrected chi connectivity index (χ4v) is 2.20. The Morgan fingerprint density at radius 3 is 2.62 bits per heavy atom. The minimum Gasteiger partial charge on any atom is -0.508 e. The molecule has 3 rings (SSSR count). The second kappa shape index (κ2) is 5.93. The highest BCUT2D eigenvalue weighted by Crippen LogP contribution is 2.21. The van der Waals surface area contributed by atoms with Crippen molar-refractivity contribution in [3.05, 3.63) is 64.5 Å². The van der Waals surface area contributed by atoms with Crippen LogP contribution >= 0.6 is 15.9 Å². The first-order valence-electron chi connectivity index (χ1n) is 6.27. The zero-order chi connectivity index (χ0) is 14.7. The van der Waals surface area contributed by atoms with E-state index < -0.39 is 0 Å². The van der Waals surface area contributed by atoms with Crippen molar-refractivity contribution in [1.29, 1.82) is 0 Å². The fourth-order valence-electron chi connectivity index (χ4n) is 1.80. The Hall–Kier alpha value is -2.40. The van der Waals surface area contributed by atoms with Gasteiger partial charge in [0.15, 0.2) is 0 Å². The number of rotatable bonds is 3. The van der Waals surface area contributed by atoms with Crippen molar-refractivity contribution in [3.63, 3.8) is 0 Å². The summed E-state index contributed by atoms with van der Waals surface area (Å²) in [5.74, 6) is 1.21. The van der Waals surface area contributed by atoms with E-state index in [1.807, 2.05) is 30.3 Å². The van der Waals surface area contributed by atoms with Crippen molar-refractivity contribution in [3.8, 4) is 17.1 Å². The lowest BCUT2D eigenvalue weighted by Gasteiger charge is -1.94. The Balaban J connectivity index is 1.80. The number of benzene rings is 2. The van der Waals surface area contributed by atoms with Crippen molar-refractivity contribution in [2.24, 2.45) is 0 Å². The van der Waals surface area contributed by atoms with Crippen LogP contribution in [-0.2, 0) is 0 Å². The average Bonchev–Trinajstić information content (AvgIpc) is 2.96. The third kappa shape index (κ3) is 3.38. The van der Waals surface area contributed by atoms with Gasteiger partial charge in [-0.3, -0.25) is 0 Å². The van der Waals surface area contributed by atoms with E-state index in [4.69, 9.17) is 4.52 Å². The smallest absolute Gasteiger partial charge is 0.250 e. The lowest BCUT2D eigenvalue weighted by atomic mass is 10.2. The van der Waals surface area contributed by atoms with Crippen LogP contribution in [0.15, 0.2) is 57.5 Å². The van der Waals surface area contributed by atoms with Crippen LogP contribution in [0.5, 0.6) is 5.75 Å². The van der Waals surface area contributed by atoms with Gasteiger partial charge in [-0.15, -0.1) is 0 Å². The third-order valence-electron chi connectivity index (χ3n) is 2.84. The topological polar surface area (TPSA) is 59.2 Å². The molecule has 0 saturated carbocycles. The van der Waals surface area contributed by atoms with Crippen molar-refractivity contribution in [2.75, 3.05) is 0 Å². The maximum atomic E-state index is 9.22. The summed E-state index contributed by atoms with van der Waals surface area (Å²) in [5, 5.41) is 13.2. The molecule has 0 atom stereocenters. The fraction of sp³-hybridized carbons (Fsp3) is 0. The van der Waals surface area contributed by atoms with E-state index in [9.17, 15) is 5.11 Å². The van der Waals surface area contributed by atoms with Crippen LogP contribution in [0.4, 0.5) is 0 Å². The first-order valence-corrected chi connectivity index (χ1v) is 7.07. The number of aromatic nitrogens is 2. The minimum absolute atomic E-state index is 0.238. The van der Waals surface area contributed by atoms with Gasteiger partial charge >= 0.3 is 0 Å². The third-order valence-corrected chi connectivity index (χ3v) is 3.33. The first-order chi connectivity index (χ1) is 10.2. The molecule has 0 aliphatic carbocycles. The molecule has 4 nitrogen and oxygen atoms in total. The Kier molecular flexibility index (Phi) is 3.83. The van der Waals surface area contributed by atoms with Gasteiger partial charge in [-0.25, -0.2) is 0 Å². The van der Waals surface area contributed by atoms with E-state index in [1.54, 1.807) is 30.3 Å². The van der Waals surface area contributed by atoms with Gasteiger partial charge in [-0.1, -0.05) is 45.4 Å². The van der Waals surface area contributed by atoms with Gasteiger partial charge in [-0.05, 0) is 35.9 Å². The standard InChI is InChI=1S/C16H11BrN2O2/c17-13-3-1-2-12(10-13)16-18-15(21-19-16)9-6-11-4-7-14(20)8-5-11/h1-10,20H. The van der Waals surface area contributed by atoms with Crippen LogP contribution in [0.2, 0.25) is 0 Å². The van der Waals surface area contributed by atoms with Gasteiger partial charge in [0.1, 0.15) is 5.75 Å². The quantitative estimate of drug-likeness (QED) is 0.767. The monoisotopic (exact) mass is 342 g/mol. The molecule has 21 heavy (non-hydrogen) atoms. The van der Waals surface area contributed by atoms with Crippen LogP contribution in [-0.4, -0.2) is 15.2 Å². The normalized spacial score (nSPS) is 11.1. The van der Waals surface area contributed by atoms with Crippen LogP contribution in [0, 0.1) is 0 Å². The first kappa shape index (κ1) is 13.6.